The quantitative estimate of drug-likeness (QED) is 0.839. The summed E-state index contributed by atoms with van der Waals surface area (Å²) in [4.78, 5) is 22.0. The highest BCUT2D eigenvalue weighted by Crippen LogP contribution is 2.33. The summed E-state index contributed by atoms with van der Waals surface area (Å²) >= 11 is 1.88. The van der Waals surface area contributed by atoms with E-state index in [2.05, 4.69) is 4.90 Å². The molecule has 5 nitrogen and oxygen atoms in total. The monoisotopic (exact) mass is 307 g/mol. The molecule has 1 aromatic heterocycles. The van der Waals surface area contributed by atoms with Crippen LogP contribution in [0, 0.1) is 0 Å². The molecule has 114 valence electrons. The van der Waals surface area contributed by atoms with Crippen LogP contribution in [0.25, 0.3) is 0 Å². The van der Waals surface area contributed by atoms with E-state index < -0.39 is 0 Å². The Hall–Kier alpha value is -1.14. The van der Waals surface area contributed by atoms with E-state index in [1.54, 1.807) is 4.90 Å². The Morgan fingerprint density at radius 2 is 2.19 bits per heavy atom. The third-order valence-corrected chi connectivity index (χ3v) is 5.93. The lowest BCUT2D eigenvalue weighted by Gasteiger charge is -2.21. The Balaban J connectivity index is 1.42. The van der Waals surface area contributed by atoms with Gasteiger partial charge in [-0.15, -0.1) is 11.3 Å². The van der Waals surface area contributed by atoms with Gasteiger partial charge >= 0.3 is 6.09 Å². The van der Waals surface area contributed by atoms with Gasteiger partial charge in [-0.2, -0.15) is 0 Å². The molecule has 6 heteroatoms. The highest BCUT2D eigenvalue weighted by molar-refractivity contribution is 7.11. The number of carbonyl (C=O) groups excluding carboxylic acids is 1. The highest BCUT2D eigenvalue weighted by atomic mass is 32.1. The summed E-state index contributed by atoms with van der Waals surface area (Å²) in [5, 5.41) is 1.23. The maximum absolute atomic E-state index is 11.6. The number of carbonyl (C=O) groups is 1. The third-order valence-electron chi connectivity index (χ3n) is 4.79. The van der Waals surface area contributed by atoms with Gasteiger partial charge in [0.2, 0.25) is 0 Å². The van der Waals surface area contributed by atoms with Crippen LogP contribution in [0.4, 0.5) is 4.79 Å². The second-order valence-corrected chi connectivity index (χ2v) is 7.72. The van der Waals surface area contributed by atoms with Crippen molar-refractivity contribution in [3.8, 4) is 0 Å². The van der Waals surface area contributed by atoms with Crippen molar-refractivity contribution in [3.63, 3.8) is 0 Å². The average molecular weight is 307 g/mol. The number of thiazole rings is 1. The summed E-state index contributed by atoms with van der Waals surface area (Å²) in [6, 6.07) is 0. The molecular weight excluding hydrogens is 286 g/mol. The molecule has 0 unspecified atom stereocenters. The molecule has 1 aromatic rings. The van der Waals surface area contributed by atoms with Crippen molar-refractivity contribution in [1.82, 2.24) is 14.8 Å². The SMILES string of the molecule is CN1C[C@]2(CCN(Cc3nc4c(s3)CCCC4)C2)OC1=O. The third kappa shape index (κ3) is 2.44. The Morgan fingerprint density at radius 1 is 1.33 bits per heavy atom. The van der Waals surface area contributed by atoms with E-state index in [-0.39, 0.29) is 11.7 Å². The first-order valence-electron chi connectivity index (χ1n) is 7.77. The number of nitrogens with zero attached hydrogens (tertiary/aromatic N) is 3. The molecule has 21 heavy (non-hydrogen) atoms. The molecule has 1 aliphatic carbocycles. The molecule has 3 heterocycles. The molecule has 0 radical (unpaired) electrons. The first-order valence-corrected chi connectivity index (χ1v) is 8.59. The maximum Gasteiger partial charge on any atom is 0.410 e. The molecule has 4 rings (SSSR count). The number of fused-ring (bicyclic) bond motifs is 1. The van der Waals surface area contributed by atoms with Gasteiger partial charge in [-0.25, -0.2) is 9.78 Å². The molecule has 2 saturated heterocycles. The highest BCUT2D eigenvalue weighted by Gasteiger charge is 2.48. The van der Waals surface area contributed by atoms with E-state index >= 15 is 0 Å². The molecule has 1 atom stereocenters. The Labute approximate surface area is 128 Å². The van der Waals surface area contributed by atoms with Crippen LogP contribution < -0.4 is 0 Å². The fraction of sp³-hybridized carbons (Fsp3) is 0.733. The maximum atomic E-state index is 11.6. The lowest BCUT2D eigenvalue weighted by atomic mass is 10.0. The van der Waals surface area contributed by atoms with E-state index in [1.807, 2.05) is 18.4 Å². The zero-order valence-electron chi connectivity index (χ0n) is 12.4. The summed E-state index contributed by atoms with van der Waals surface area (Å²) in [5.74, 6) is 0. The van der Waals surface area contributed by atoms with Gasteiger partial charge in [0, 0.05) is 31.4 Å². The van der Waals surface area contributed by atoms with E-state index in [4.69, 9.17) is 9.72 Å². The van der Waals surface area contributed by atoms with Gasteiger partial charge in [-0.1, -0.05) is 0 Å². The summed E-state index contributed by atoms with van der Waals surface area (Å²) in [6.07, 6.45) is 5.71. The molecule has 0 aromatic carbocycles. The number of aromatic nitrogens is 1. The van der Waals surface area contributed by atoms with Crippen molar-refractivity contribution in [3.05, 3.63) is 15.6 Å². The second kappa shape index (κ2) is 4.95. The Bertz CT molecular complexity index is 550. The minimum atomic E-state index is -0.275. The minimum Gasteiger partial charge on any atom is -0.439 e. The van der Waals surface area contributed by atoms with Gasteiger partial charge in [0.15, 0.2) is 0 Å². The standard InChI is InChI=1S/C15H21N3O2S/c1-17-9-15(20-14(17)19)6-7-18(10-15)8-13-16-11-4-2-3-5-12(11)21-13/h2-10H2,1H3/t15-/m0/s1. The van der Waals surface area contributed by atoms with Crippen LogP contribution in [-0.2, 0) is 24.1 Å². The summed E-state index contributed by atoms with van der Waals surface area (Å²) in [6.45, 7) is 3.45. The summed E-state index contributed by atoms with van der Waals surface area (Å²) in [5.41, 5.74) is 1.06. The van der Waals surface area contributed by atoms with Crippen LogP contribution in [0.5, 0.6) is 0 Å². The van der Waals surface area contributed by atoms with Crippen LogP contribution in [0.2, 0.25) is 0 Å². The molecule has 2 fully saturated rings. The predicted molar refractivity (Wildman–Crippen MR) is 80.5 cm³/mol. The van der Waals surface area contributed by atoms with Gasteiger partial charge in [-0.3, -0.25) is 4.90 Å². The molecule has 3 aliphatic rings. The molecular formula is C15H21N3O2S. The van der Waals surface area contributed by atoms with E-state index in [1.165, 1.54) is 34.8 Å². The number of rotatable bonds is 2. The van der Waals surface area contributed by atoms with Crippen LogP contribution >= 0.6 is 11.3 Å². The molecule has 0 N–H and O–H groups in total. The van der Waals surface area contributed by atoms with Gasteiger partial charge in [0.25, 0.3) is 0 Å². The second-order valence-electron chi connectivity index (χ2n) is 6.55. The molecule has 1 amide bonds. The number of likely N-dealkylation sites (tertiary alicyclic amines) is 1. The van der Waals surface area contributed by atoms with E-state index in [0.717, 1.165) is 39.0 Å². The van der Waals surface area contributed by atoms with Crippen molar-refractivity contribution in [1.29, 1.82) is 0 Å². The number of likely N-dealkylation sites (N-methyl/N-ethyl adjacent to an activating group) is 1. The van der Waals surface area contributed by atoms with Crippen LogP contribution in [-0.4, -0.2) is 53.2 Å². The Morgan fingerprint density at radius 3 is 2.95 bits per heavy atom. The van der Waals surface area contributed by atoms with Gasteiger partial charge < -0.3 is 9.64 Å². The number of aryl methyl sites for hydroxylation is 2. The van der Waals surface area contributed by atoms with Crippen LogP contribution in [0.15, 0.2) is 0 Å². The zero-order valence-corrected chi connectivity index (χ0v) is 13.2. The van der Waals surface area contributed by atoms with Crippen LogP contribution in [0.1, 0.15) is 34.8 Å². The van der Waals surface area contributed by atoms with Crippen molar-refractivity contribution in [2.24, 2.45) is 0 Å². The van der Waals surface area contributed by atoms with Crippen molar-refractivity contribution in [2.75, 3.05) is 26.7 Å². The lowest BCUT2D eigenvalue weighted by Crippen LogP contribution is -2.37. The summed E-state index contributed by atoms with van der Waals surface area (Å²) < 4.78 is 5.60. The van der Waals surface area contributed by atoms with Gasteiger partial charge in [0.05, 0.1) is 18.8 Å². The fourth-order valence-electron chi connectivity index (χ4n) is 3.73. The number of hydrogen-bond donors (Lipinski definition) is 0. The first kappa shape index (κ1) is 13.5. The van der Waals surface area contributed by atoms with Crippen LogP contribution in [0.3, 0.4) is 0 Å². The van der Waals surface area contributed by atoms with Crippen molar-refractivity contribution in [2.45, 2.75) is 44.2 Å². The van der Waals surface area contributed by atoms with Gasteiger partial charge in [-0.05, 0) is 25.7 Å². The topological polar surface area (TPSA) is 45.7 Å². The minimum absolute atomic E-state index is 0.179. The van der Waals surface area contributed by atoms with E-state index in [9.17, 15) is 4.79 Å². The largest absolute Gasteiger partial charge is 0.439 e. The normalized spacial score (nSPS) is 29.2. The number of amides is 1. The average Bonchev–Trinajstić information content (AvgIpc) is 3.09. The molecule has 0 saturated carbocycles. The first-order chi connectivity index (χ1) is 10.1. The molecule has 0 bridgehead atoms. The smallest absolute Gasteiger partial charge is 0.410 e. The summed E-state index contributed by atoms with van der Waals surface area (Å²) in [7, 11) is 1.81. The zero-order chi connectivity index (χ0) is 14.4. The molecule has 2 aliphatic heterocycles. The lowest BCUT2D eigenvalue weighted by molar-refractivity contribution is 0.0627. The van der Waals surface area contributed by atoms with Gasteiger partial charge in [0.1, 0.15) is 10.6 Å². The molecule has 1 spiro atoms. The number of hydrogen-bond acceptors (Lipinski definition) is 5. The predicted octanol–water partition coefficient (Wildman–Crippen LogP) is 2.05. The Kier molecular flexibility index (Phi) is 3.19. The van der Waals surface area contributed by atoms with E-state index in [0.29, 0.717) is 0 Å². The van der Waals surface area contributed by atoms with Crippen molar-refractivity contribution < 1.29 is 9.53 Å². The van der Waals surface area contributed by atoms with Crippen molar-refractivity contribution >= 4 is 17.4 Å². The number of ether oxygens (including phenoxy) is 1. The fourth-order valence-corrected chi connectivity index (χ4v) is 4.93.